The number of hydrogen-bond donors (Lipinski definition) is 1. The molecule has 10 heteroatoms. The standard InChI is InChI=1S/C23H30N2O6S2/c1-4-30-23(27)21-19(16-9-10-16)15-32-22(21)24-20(26)14-25(2)11-6-12-31-17-7-5-8-18(13-17)33(3,28)29/h5,7-8,13,15-16H,4,6,9-12,14H2,1-3H3,(H,24,26). The molecule has 1 saturated carbocycles. The van der Waals surface area contributed by atoms with Crippen molar-refractivity contribution in [2.24, 2.45) is 0 Å². The molecule has 1 aromatic heterocycles. The van der Waals surface area contributed by atoms with Crippen LogP contribution in [-0.4, -0.2) is 64.8 Å². The molecule has 2 aromatic rings. The minimum atomic E-state index is -3.28. The van der Waals surface area contributed by atoms with Crippen molar-refractivity contribution in [3.8, 4) is 5.75 Å². The van der Waals surface area contributed by atoms with E-state index in [0.717, 1.165) is 24.7 Å². The molecule has 1 heterocycles. The maximum atomic E-state index is 12.5. The summed E-state index contributed by atoms with van der Waals surface area (Å²) in [6.45, 7) is 3.22. The van der Waals surface area contributed by atoms with E-state index in [1.54, 1.807) is 19.1 Å². The quantitative estimate of drug-likeness (QED) is 0.356. The second kappa shape index (κ2) is 11.1. The Hall–Kier alpha value is -2.43. The van der Waals surface area contributed by atoms with E-state index in [9.17, 15) is 18.0 Å². The summed E-state index contributed by atoms with van der Waals surface area (Å²) in [7, 11) is -1.45. The molecule has 0 radical (unpaired) electrons. The molecule has 33 heavy (non-hydrogen) atoms. The van der Waals surface area contributed by atoms with Crippen LogP contribution in [0.15, 0.2) is 34.5 Å². The SMILES string of the molecule is CCOC(=O)c1c(C2CC2)csc1NC(=O)CN(C)CCCOc1cccc(S(C)(=O)=O)c1. The van der Waals surface area contributed by atoms with Crippen LogP contribution in [0.2, 0.25) is 0 Å². The van der Waals surface area contributed by atoms with Crippen molar-refractivity contribution >= 4 is 38.1 Å². The number of sulfone groups is 1. The molecule has 1 aliphatic rings. The lowest BCUT2D eigenvalue weighted by Crippen LogP contribution is -2.31. The predicted octanol–water partition coefficient (Wildman–Crippen LogP) is 3.55. The molecule has 0 aliphatic heterocycles. The third kappa shape index (κ3) is 7.28. The van der Waals surface area contributed by atoms with Gasteiger partial charge in [0.2, 0.25) is 5.91 Å². The van der Waals surface area contributed by atoms with Crippen molar-refractivity contribution in [3.63, 3.8) is 0 Å². The molecular formula is C23H30N2O6S2. The summed E-state index contributed by atoms with van der Waals surface area (Å²) in [5.41, 5.74) is 1.46. The molecule has 1 aliphatic carbocycles. The molecule has 1 fully saturated rings. The van der Waals surface area contributed by atoms with E-state index in [1.165, 1.54) is 23.5 Å². The van der Waals surface area contributed by atoms with E-state index < -0.39 is 9.84 Å². The van der Waals surface area contributed by atoms with Gasteiger partial charge in [0.05, 0.1) is 30.2 Å². The number of thiophene rings is 1. The van der Waals surface area contributed by atoms with E-state index >= 15 is 0 Å². The maximum Gasteiger partial charge on any atom is 0.341 e. The zero-order valence-corrected chi connectivity index (χ0v) is 20.8. The summed E-state index contributed by atoms with van der Waals surface area (Å²) in [5.74, 6) is 0.288. The molecule has 3 rings (SSSR count). The van der Waals surface area contributed by atoms with Crippen molar-refractivity contribution in [2.45, 2.75) is 37.0 Å². The third-order valence-corrected chi connectivity index (χ3v) is 7.19. The summed E-state index contributed by atoms with van der Waals surface area (Å²) < 4.78 is 34.1. The summed E-state index contributed by atoms with van der Waals surface area (Å²) >= 11 is 1.36. The van der Waals surface area contributed by atoms with Crippen molar-refractivity contribution < 1.29 is 27.5 Å². The Morgan fingerprint density at radius 3 is 2.70 bits per heavy atom. The van der Waals surface area contributed by atoms with Crippen LogP contribution in [0, 0.1) is 0 Å². The number of benzene rings is 1. The van der Waals surface area contributed by atoms with Crippen molar-refractivity contribution in [1.29, 1.82) is 0 Å². The Labute approximate surface area is 198 Å². The first kappa shape index (κ1) is 25.2. The Morgan fingerprint density at radius 2 is 2.03 bits per heavy atom. The predicted molar refractivity (Wildman–Crippen MR) is 128 cm³/mol. The number of likely N-dealkylation sites (N-methyl/N-ethyl adjacent to an activating group) is 1. The van der Waals surface area contributed by atoms with E-state index in [2.05, 4.69) is 5.32 Å². The Kier molecular flexibility index (Phi) is 8.50. The van der Waals surface area contributed by atoms with Crippen LogP contribution in [0.25, 0.3) is 0 Å². The highest BCUT2D eigenvalue weighted by molar-refractivity contribution is 7.90. The zero-order chi connectivity index (χ0) is 24.0. The topological polar surface area (TPSA) is 102 Å². The molecule has 8 nitrogen and oxygen atoms in total. The fourth-order valence-electron chi connectivity index (χ4n) is 3.38. The number of ether oxygens (including phenoxy) is 2. The van der Waals surface area contributed by atoms with Crippen LogP contribution in [0.1, 0.15) is 48.0 Å². The van der Waals surface area contributed by atoms with Gasteiger partial charge in [-0.15, -0.1) is 11.3 Å². The van der Waals surface area contributed by atoms with Gasteiger partial charge in [0.1, 0.15) is 10.8 Å². The molecule has 0 spiro atoms. The molecule has 0 saturated heterocycles. The minimum Gasteiger partial charge on any atom is -0.494 e. The number of amides is 1. The lowest BCUT2D eigenvalue weighted by atomic mass is 10.1. The zero-order valence-electron chi connectivity index (χ0n) is 19.1. The van der Waals surface area contributed by atoms with E-state index in [0.29, 0.717) is 41.8 Å². The van der Waals surface area contributed by atoms with Crippen LogP contribution in [-0.2, 0) is 19.4 Å². The highest BCUT2D eigenvalue weighted by atomic mass is 32.2. The average Bonchev–Trinajstić information content (AvgIpc) is 3.51. The van der Waals surface area contributed by atoms with E-state index in [1.807, 2.05) is 17.3 Å². The number of esters is 1. The van der Waals surface area contributed by atoms with Crippen LogP contribution in [0.5, 0.6) is 5.75 Å². The van der Waals surface area contributed by atoms with Gasteiger partial charge >= 0.3 is 5.97 Å². The van der Waals surface area contributed by atoms with Crippen molar-refractivity contribution in [1.82, 2.24) is 4.90 Å². The monoisotopic (exact) mass is 494 g/mol. The first-order valence-electron chi connectivity index (χ1n) is 10.9. The smallest absolute Gasteiger partial charge is 0.341 e. The van der Waals surface area contributed by atoms with Crippen LogP contribution in [0.4, 0.5) is 5.00 Å². The largest absolute Gasteiger partial charge is 0.494 e. The van der Waals surface area contributed by atoms with E-state index in [-0.39, 0.29) is 29.9 Å². The van der Waals surface area contributed by atoms with Gasteiger partial charge in [-0.3, -0.25) is 9.69 Å². The molecule has 1 aromatic carbocycles. The fourth-order valence-corrected chi connectivity index (χ4v) is 5.08. The lowest BCUT2D eigenvalue weighted by molar-refractivity contribution is -0.117. The third-order valence-electron chi connectivity index (χ3n) is 5.17. The van der Waals surface area contributed by atoms with Crippen LogP contribution >= 0.6 is 11.3 Å². The van der Waals surface area contributed by atoms with Gasteiger partial charge in [-0.2, -0.15) is 0 Å². The average molecular weight is 495 g/mol. The lowest BCUT2D eigenvalue weighted by Gasteiger charge is -2.16. The van der Waals surface area contributed by atoms with Gasteiger partial charge < -0.3 is 14.8 Å². The first-order valence-corrected chi connectivity index (χ1v) is 13.7. The van der Waals surface area contributed by atoms with Gasteiger partial charge in [0.25, 0.3) is 0 Å². The normalized spacial score (nSPS) is 13.7. The minimum absolute atomic E-state index is 0.169. The van der Waals surface area contributed by atoms with Gasteiger partial charge in [-0.1, -0.05) is 6.07 Å². The van der Waals surface area contributed by atoms with Crippen molar-refractivity contribution in [3.05, 3.63) is 40.8 Å². The summed E-state index contributed by atoms with van der Waals surface area (Å²) in [6, 6.07) is 6.39. The number of carbonyl (C=O) groups excluding carboxylic acids is 2. The Balaban J connectivity index is 1.46. The molecule has 0 bridgehead atoms. The van der Waals surface area contributed by atoms with Crippen molar-refractivity contribution in [2.75, 3.05) is 44.9 Å². The second-order valence-corrected chi connectivity index (χ2v) is 11.0. The highest BCUT2D eigenvalue weighted by Gasteiger charge is 2.32. The summed E-state index contributed by atoms with van der Waals surface area (Å²) in [4.78, 5) is 27.1. The molecule has 1 N–H and O–H groups in total. The van der Waals surface area contributed by atoms with Gasteiger partial charge in [-0.05, 0) is 68.3 Å². The molecule has 1 amide bonds. The van der Waals surface area contributed by atoms with Gasteiger partial charge in [0.15, 0.2) is 9.84 Å². The molecular weight excluding hydrogens is 464 g/mol. The molecule has 0 atom stereocenters. The van der Waals surface area contributed by atoms with E-state index in [4.69, 9.17) is 9.47 Å². The number of nitrogens with one attached hydrogen (secondary N) is 1. The summed E-state index contributed by atoms with van der Waals surface area (Å²) in [6.07, 6.45) is 3.93. The number of nitrogens with zero attached hydrogens (tertiary/aromatic N) is 1. The fraction of sp³-hybridized carbons (Fsp3) is 0.478. The highest BCUT2D eigenvalue weighted by Crippen LogP contribution is 2.46. The first-order chi connectivity index (χ1) is 15.7. The number of rotatable bonds is 12. The number of hydrogen-bond acceptors (Lipinski definition) is 8. The summed E-state index contributed by atoms with van der Waals surface area (Å²) in [5, 5.41) is 5.36. The van der Waals surface area contributed by atoms with Gasteiger partial charge in [0, 0.05) is 12.8 Å². The Morgan fingerprint density at radius 1 is 1.27 bits per heavy atom. The van der Waals surface area contributed by atoms with Crippen LogP contribution < -0.4 is 10.1 Å². The maximum absolute atomic E-state index is 12.5. The Bertz CT molecular complexity index is 1090. The number of anilines is 1. The van der Waals surface area contributed by atoms with Crippen LogP contribution in [0.3, 0.4) is 0 Å². The second-order valence-electron chi connectivity index (χ2n) is 8.12. The van der Waals surface area contributed by atoms with Gasteiger partial charge in [-0.25, -0.2) is 13.2 Å². The molecule has 0 unspecified atom stereocenters. The number of carbonyl (C=O) groups is 2. The molecule has 180 valence electrons.